The Morgan fingerprint density at radius 1 is 1.29 bits per heavy atom. The van der Waals surface area contributed by atoms with Crippen LogP contribution in [-0.4, -0.2) is 16.1 Å². The van der Waals surface area contributed by atoms with Crippen LogP contribution in [0.3, 0.4) is 0 Å². The molecule has 0 unspecified atom stereocenters. The maximum atomic E-state index is 10.8. The Morgan fingerprint density at radius 3 is 2.53 bits per heavy atom. The van der Waals surface area contributed by atoms with Crippen molar-refractivity contribution in [3.05, 3.63) is 47.1 Å². The molecule has 0 saturated carbocycles. The topological polar surface area (TPSA) is 76.2 Å². The second-order valence-electron chi connectivity index (χ2n) is 3.44. The van der Waals surface area contributed by atoms with Gasteiger partial charge in [0.05, 0.1) is 16.9 Å². The third-order valence-corrected chi connectivity index (χ3v) is 2.57. The number of nitrogens with two attached hydrogens (primary N) is 1. The summed E-state index contributed by atoms with van der Waals surface area (Å²) in [4.78, 5) is 14.9. The van der Waals surface area contributed by atoms with Crippen molar-refractivity contribution in [2.24, 2.45) is 0 Å². The van der Waals surface area contributed by atoms with E-state index in [0.717, 1.165) is 5.56 Å². The summed E-state index contributed by atoms with van der Waals surface area (Å²) in [6.07, 6.45) is 0. The molecule has 3 N–H and O–H groups in total. The van der Waals surface area contributed by atoms with Gasteiger partial charge in [-0.25, -0.2) is 9.78 Å². The van der Waals surface area contributed by atoms with E-state index < -0.39 is 5.97 Å². The molecule has 4 nitrogen and oxygen atoms in total. The minimum absolute atomic E-state index is 0.0643. The largest absolute Gasteiger partial charge is 0.478 e. The Morgan fingerprint density at radius 2 is 1.94 bits per heavy atom. The molecule has 0 aliphatic rings. The van der Waals surface area contributed by atoms with Crippen molar-refractivity contribution >= 4 is 23.3 Å². The van der Waals surface area contributed by atoms with E-state index in [1.807, 2.05) is 30.3 Å². The number of aromatic carboxylic acids is 1. The summed E-state index contributed by atoms with van der Waals surface area (Å²) in [6.45, 7) is 0. The van der Waals surface area contributed by atoms with E-state index in [2.05, 4.69) is 4.98 Å². The van der Waals surface area contributed by atoms with Crippen molar-refractivity contribution in [1.82, 2.24) is 4.98 Å². The number of aromatic nitrogens is 1. The number of carboxylic acids is 1. The van der Waals surface area contributed by atoms with Crippen molar-refractivity contribution in [2.75, 3.05) is 5.73 Å². The quantitative estimate of drug-likeness (QED) is 0.801. The molecule has 1 heterocycles. The molecule has 0 aliphatic heterocycles. The minimum Gasteiger partial charge on any atom is -0.478 e. The lowest BCUT2D eigenvalue weighted by molar-refractivity contribution is 0.0696. The second-order valence-corrected chi connectivity index (χ2v) is 3.79. The summed E-state index contributed by atoms with van der Waals surface area (Å²) in [7, 11) is 0. The van der Waals surface area contributed by atoms with Gasteiger partial charge in [-0.2, -0.15) is 0 Å². The molecule has 5 heteroatoms. The average molecular weight is 249 g/mol. The smallest absolute Gasteiger partial charge is 0.338 e. The minimum atomic E-state index is -1.14. The highest BCUT2D eigenvalue weighted by Gasteiger charge is 2.14. The van der Waals surface area contributed by atoms with E-state index in [1.54, 1.807) is 0 Å². The summed E-state index contributed by atoms with van der Waals surface area (Å²) in [5, 5.41) is 8.81. The molecule has 0 aliphatic carbocycles. The lowest BCUT2D eigenvalue weighted by atomic mass is 10.1. The number of rotatable bonds is 2. The lowest BCUT2D eigenvalue weighted by Gasteiger charge is -2.07. The molecule has 2 rings (SSSR count). The van der Waals surface area contributed by atoms with Crippen molar-refractivity contribution in [3.8, 4) is 11.3 Å². The van der Waals surface area contributed by atoms with Crippen LogP contribution in [0, 0.1) is 0 Å². The predicted molar refractivity (Wildman–Crippen MR) is 66.1 cm³/mol. The van der Waals surface area contributed by atoms with Gasteiger partial charge in [-0.1, -0.05) is 41.9 Å². The van der Waals surface area contributed by atoms with Crippen LogP contribution in [0.15, 0.2) is 36.4 Å². The molecule has 17 heavy (non-hydrogen) atoms. The van der Waals surface area contributed by atoms with Crippen LogP contribution in [0.4, 0.5) is 5.69 Å². The van der Waals surface area contributed by atoms with Crippen LogP contribution in [0.25, 0.3) is 11.3 Å². The molecular weight excluding hydrogens is 240 g/mol. The van der Waals surface area contributed by atoms with Crippen LogP contribution in [0.1, 0.15) is 10.4 Å². The number of carboxylic acid groups (broad SMARTS) is 1. The van der Waals surface area contributed by atoms with Gasteiger partial charge in [0.15, 0.2) is 0 Å². The number of carbonyl (C=O) groups is 1. The number of nitrogen functional groups attached to an aromatic ring is 1. The van der Waals surface area contributed by atoms with Crippen LogP contribution in [0.2, 0.25) is 5.15 Å². The first kappa shape index (κ1) is 11.4. The first-order valence-corrected chi connectivity index (χ1v) is 5.22. The molecule has 1 aromatic carbocycles. The van der Waals surface area contributed by atoms with Crippen molar-refractivity contribution in [2.45, 2.75) is 0 Å². The van der Waals surface area contributed by atoms with Gasteiger partial charge in [0, 0.05) is 5.56 Å². The highest BCUT2D eigenvalue weighted by molar-refractivity contribution is 6.32. The Kier molecular flexibility index (Phi) is 2.97. The van der Waals surface area contributed by atoms with Gasteiger partial charge < -0.3 is 10.8 Å². The number of hydrogen-bond donors (Lipinski definition) is 2. The Balaban J connectivity index is 2.58. The first-order chi connectivity index (χ1) is 8.09. The number of pyridine rings is 1. The molecule has 0 bridgehead atoms. The zero-order chi connectivity index (χ0) is 12.4. The van der Waals surface area contributed by atoms with Gasteiger partial charge in [0.25, 0.3) is 0 Å². The Hall–Kier alpha value is -2.07. The van der Waals surface area contributed by atoms with E-state index in [4.69, 9.17) is 22.4 Å². The molecule has 1 aromatic heterocycles. The van der Waals surface area contributed by atoms with Crippen LogP contribution >= 0.6 is 11.6 Å². The van der Waals surface area contributed by atoms with Crippen molar-refractivity contribution in [1.29, 1.82) is 0 Å². The molecule has 2 aromatic rings. The van der Waals surface area contributed by atoms with E-state index in [9.17, 15) is 4.79 Å². The van der Waals surface area contributed by atoms with Gasteiger partial charge in [-0.15, -0.1) is 0 Å². The first-order valence-electron chi connectivity index (χ1n) is 4.84. The second kappa shape index (κ2) is 4.43. The van der Waals surface area contributed by atoms with Crippen LogP contribution in [0.5, 0.6) is 0 Å². The summed E-state index contributed by atoms with van der Waals surface area (Å²) in [6, 6.07) is 10.5. The molecule has 0 spiro atoms. The molecular formula is C12H9ClN2O2. The van der Waals surface area contributed by atoms with Crippen LogP contribution < -0.4 is 5.73 Å². The summed E-state index contributed by atoms with van der Waals surface area (Å²) in [5.74, 6) is -1.14. The molecule has 0 amide bonds. The average Bonchev–Trinajstić information content (AvgIpc) is 2.32. The number of anilines is 1. The van der Waals surface area contributed by atoms with E-state index >= 15 is 0 Å². The standard InChI is InChI=1S/C12H9ClN2O2/c13-11-8(12(16)17)6-9(14)10(15-11)7-4-2-1-3-5-7/h1-6H,14H2,(H,16,17). The fourth-order valence-electron chi connectivity index (χ4n) is 1.48. The molecule has 0 radical (unpaired) electrons. The zero-order valence-corrected chi connectivity index (χ0v) is 9.48. The van der Waals surface area contributed by atoms with Crippen molar-refractivity contribution in [3.63, 3.8) is 0 Å². The molecule has 86 valence electrons. The normalized spacial score (nSPS) is 10.2. The van der Waals surface area contributed by atoms with Gasteiger partial charge >= 0.3 is 5.97 Å². The van der Waals surface area contributed by atoms with Gasteiger partial charge in [-0.05, 0) is 6.07 Å². The Labute approximate surface area is 103 Å². The highest BCUT2D eigenvalue weighted by Crippen LogP contribution is 2.27. The number of nitrogens with zero attached hydrogens (tertiary/aromatic N) is 1. The highest BCUT2D eigenvalue weighted by atomic mass is 35.5. The van der Waals surface area contributed by atoms with Gasteiger partial charge in [0.2, 0.25) is 0 Å². The maximum absolute atomic E-state index is 10.8. The van der Waals surface area contributed by atoms with Gasteiger partial charge in [-0.3, -0.25) is 0 Å². The summed E-state index contributed by atoms with van der Waals surface area (Å²) in [5.41, 5.74) is 7.25. The van der Waals surface area contributed by atoms with Crippen LogP contribution in [-0.2, 0) is 0 Å². The number of halogens is 1. The van der Waals surface area contributed by atoms with E-state index in [-0.39, 0.29) is 16.4 Å². The van der Waals surface area contributed by atoms with E-state index in [1.165, 1.54) is 6.07 Å². The Bertz CT molecular complexity index is 570. The summed E-state index contributed by atoms with van der Waals surface area (Å²) >= 11 is 5.80. The van der Waals surface area contributed by atoms with E-state index in [0.29, 0.717) is 5.69 Å². The number of hydrogen-bond acceptors (Lipinski definition) is 3. The third-order valence-electron chi connectivity index (χ3n) is 2.28. The molecule has 0 atom stereocenters. The lowest BCUT2D eigenvalue weighted by Crippen LogP contribution is -2.03. The predicted octanol–water partition coefficient (Wildman–Crippen LogP) is 2.68. The van der Waals surface area contributed by atoms with Gasteiger partial charge in [0.1, 0.15) is 5.15 Å². The maximum Gasteiger partial charge on any atom is 0.338 e. The fourth-order valence-corrected chi connectivity index (χ4v) is 1.70. The molecule has 0 fully saturated rings. The van der Waals surface area contributed by atoms with Crippen molar-refractivity contribution < 1.29 is 9.90 Å². The molecule has 0 saturated heterocycles. The number of benzene rings is 1. The SMILES string of the molecule is Nc1cc(C(=O)O)c(Cl)nc1-c1ccccc1. The monoisotopic (exact) mass is 248 g/mol. The fraction of sp³-hybridized carbons (Fsp3) is 0. The summed E-state index contributed by atoms with van der Waals surface area (Å²) < 4.78 is 0. The third kappa shape index (κ3) is 2.21. The zero-order valence-electron chi connectivity index (χ0n) is 8.72.